The van der Waals surface area contributed by atoms with Crippen molar-refractivity contribution in [3.63, 3.8) is 0 Å². The Morgan fingerprint density at radius 3 is 2.71 bits per heavy atom. The quantitative estimate of drug-likeness (QED) is 0.321. The zero-order valence-electron chi connectivity index (χ0n) is 19.4. The molecule has 2 N–H and O–H groups in total. The second-order valence-corrected chi connectivity index (χ2v) is 11.4. The second kappa shape index (κ2) is 9.83. The summed E-state index contributed by atoms with van der Waals surface area (Å²) in [6.07, 6.45) is -1.56. The number of nitrogens with zero attached hydrogens (tertiary/aromatic N) is 3. The SMILES string of the molecule is O=C(c1c[nH]c(S(=O)(=O)Cc2cncs2)n1)N1CCc2c(cccc2Nc2ccc(C(F)(F)F)cc2F)C1. The number of halogens is 4. The van der Waals surface area contributed by atoms with Crippen LogP contribution < -0.4 is 5.32 Å². The van der Waals surface area contributed by atoms with Crippen molar-refractivity contribution < 1.29 is 30.8 Å². The van der Waals surface area contributed by atoms with E-state index in [-0.39, 0.29) is 35.4 Å². The Morgan fingerprint density at radius 1 is 1.18 bits per heavy atom. The van der Waals surface area contributed by atoms with E-state index in [9.17, 15) is 30.8 Å². The number of H-pyrrole nitrogens is 1. The predicted octanol–water partition coefficient (Wildman–Crippen LogP) is 4.94. The van der Waals surface area contributed by atoms with Crippen LogP contribution in [0.15, 0.2) is 59.5 Å². The van der Waals surface area contributed by atoms with E-state index in [0.29, 0.717) is 23.1 Å². The number of carbonyl (C=O) groups is 1. The Hall–Kier alpha value is -3.78. The minimum Gasteiger partial charge on any atom is -0.353 e. The lowest BCUT2D eigenvalue weighted by Crippen LogP contribution is -2.36. The Bertz CT molecular complexity index is 1600. The molecule has 0 radical (unpaired) electrons. The maximum atomic E-state index is 14.4. The average Bonchev–Trinajstić information content (AvgIpc) is 3.57. The van der Waals surface area contributed by atoms with E-state index in [0.717, 1.165) is 23.3 Å². The summed E-state index contributed by atoms with van der Waals surface area (Å²) in [6.45, 7) is 0.463. The van der Waals surface area contributed by atoms with E-state index in [1.807, 2.05) is 0 Å². The lowest BCUT2D eigenvalue weighted by Gasteiger charge is -2.30. The summed E-state index contributed by atoms with van der Waals surface area (Å²) >= 11 is 1.20. The molecule has 1 amide bonds. The number of amides is 1. The van der Waals surface area contributed by atoms with Crippen molar-refractivity contribution in [1.82, 2.24) is 19.9 Å². The monoisotopic (exact) mass is 565 g/mol. The van der Waals surface area contributed by atoms with Crippen LogP contribution in [-0.2, 0) is 34.7 Å². The summed E-state index contributed by atoms with van der Waals surface area (Å²) in [4.78, 5) is 25.6. The molecule has 0 saturated carbocycles. The average molecular weight is 566 g/mol. The maximum absolute atomic E-state index is 14.4. The van der Waals surface area contributed by atoms with Gasteiger partial charge in [-0.25, -0.2) is 17.8 Å². The molecule has 0 aliphatic carbocycles. The van der Waals surface area contributed by atoms with Gasteiger partial charge in [0.25, 0.3) is 5.91 Å². The summed E-state index contributed by atoms with van der Waals surface area (Å²) in [5.41, 5.74) is 2.37. The van der Waals surface area contributed by atoms with Gasteiger partial charge in [-0.15, -0.1) is 11.3 Å². The standard InChI is InChI=1S/C24H19F4N5O3S2/c25-18-8-15(24(26,27)28)4-5-20(18)31-19-3-1-2-14-11-33(7-6-17(14)19)22(34)21-10-30-23(32-21)38(35,36)12-16-9-29-13-37-16/h1-5,8-10,13,31H,6-7,11-12H2,(H,30,32). The first kappa shape index (κ1) is 25.9. The van der Waals surface area contributed by atoms with Crippen molar-refractivity contribution in [2.45, 2.75) is 30.1 Å². The number of thiazole rings is 1. The smallest absolute Gasteiger partial charge is 0.353 e. The number of hydrogen-bond donors (Lipinski definition) is 2. The highest BCUT2D eigenvalue weighted by molar-refractivity contribution is 7.90. The van der Waals surface area contributed by atoms with Gasteiger partial charge >= 0.3 is 6.18 Å². The number of alkyl halides is 3. The summed E-state index contributed by atoms with van der Waals surface area (Å²) in [6, 6.07) is 7.44. The Kier molecular flexibility index (Phi) is 6.69. The largest absolute Gasteiger partial charge is 0.416 e. The van der Waals surface area contributed by atoms with Gasteiger partial charge in [-0.2, -0.15) is 13.2 Å². The van der Waals surface area contributed by atoms with Gasteiger partial charge in [0.2, 0.25) is 15.0 Å². The van der Waals surface area contributed by atoms with Gasteiger partial charge in [0, 0.05) is 36.0 Å². The van der Waals surface area contributed by atoms with Crippen LogP contribution in [0.5, 0.6) is 0 Å². The predicted molar refractivity (Wildman–Crippen MR) is 131 cm³/mol. The van der Waals surface area contributed by atoms with E-state index < -0.39 is 33.3 Å². The summed E-state index contributed by atoms with van der Waals surface area (Å²) < 4.78 is 78.2. The highest BCUT2D eigenvalue weighted by Crippen LogP contribution is 2.34. The Labute approximate surface area is 218 Å². The molecule has 2 aromatic carbocycles. The third kappa shape index (κ3) is 5.27. The summed E-state index contributed by atoms with van der Waals surface area (Å²) in [5.74, 6) is -1.78. The van der Waals surface area contributed by atoms with E-state index in [1.165, 1.54) is 34.1 Å². The van der Waals surface area contributed by atoms with Crippen LogP contribution in [0.4, 0.5) is 28.9 Å². The van der Waals surface area contributed by atoms with Crippen molar-refractivity contribution >= 4 is 38.5 Å². The van der Waals surface area contributed by atoms with E-state index in [1.54, 1.807) is 18.2 Å². The molecular weight excluding hydrogens is 546 g/mol. The molecule has 0 spiro atoms. The van der Waals surface area contributed by atoms with Crippen LogP contribution in [0.2, 0.25) is 0 Å². The normalized spacial score (nSPS) is 13.8. The zero-order chi connectivity index (χ0) is 27.1. The van der Waals surface area contributed by atoms with Gasteiger partial charge in [-0.3, -0.25) is 9.78 Å². The topological polar surface area (TPSA) is 108 Å². The number of rotatable bonds is 6. The molecule has 38 heavy (non-hydrogen) atoms. The number of carbonyl (C=O) groups excluding carboxylic acids is 1. The molecule has 8 nitrogen and oxygen atoms in total. The summed E-state index contributed by atoms with van der Waals surface area (Å²) in [5, 5.41) is 2.55. The molecule has 0 bridgehead atoms. The molecular formula is C24H19F4N5O3S2. The molecule has 14 heteroatoms. The number of sulfone groups is 1. The van der Waals surface area contributed by atoms with Gasteiger partial charge in [0.15, 0.2) is 0 Å². The molecule has 5 rings (SSSR count). The number of imidazole rings is 1. The number of anilines is 2. The summed E-state index contributed by atoms with van der Waals surface area (Å²) in [7, 11) is -3.79. The van der Waals surface area contributed by atoms with Crippen molar-refractivity contribution in [1.29, 1.82) is 0 Å². The molecule has 3 heterocycles. The second-order valence-electron chi connectivity index (χ2n) is 8.56. The third-order valence-corrected chi connectivity index (χ3v) is 8.45. The van der Waals surface area contributed by atoms with Crippen LogP contribution in [0.3, 0.4) is 0 Å². The number of benzene rings is 2. The molecule has 4 aromatic rings. The van der Waals surface area contributed by atoms with Crippen LogP contribution in [-0.4, -0.2) is 40.7 Å². The molecule has 2 aromatic heterocycles. The molecule has 0 atom stereocenters. The number of nitrogens with one attached hydrogen (secondary N) is 2. The fourth-order valence-electron chi connectivity index (χ4n) is 4.14. The van der Waals surface area contributed by atoms with Crippen LogP contribution in [0, 0.1) is 5.82 Å². The molecule has 1 aliphatic rings. The first-order valence-electron chi connectivity index (χ1n) is 11.2. The molecule has 0 fully saturated rings. The highest BCUT2D eigenvalue weighted by atomic mass is 32.2. The van der Waals surface area contributed by atoms with Crippen molar-refractivity contribution in [3.05, 3.63) is 87.4 Å². The van der Waals surface area contributed by atoms with E-state index in [2.05, 4.69) is 20.3 Å². The van der Waals surface area contributed by atoms with Gasteiger partial charge in [-0.05, 0) is 41.8 Å². The number of aromatic amines is 1. The van der Waals surface area contributed by atoms with Crippen molar-refractivity contribution in [3.8, 4) is 0 Å². The maximum Gasteiger partial charge on any atom is 0.416 e. The lowest BCUT2D eigenvalue weighted by atomic mass is 9.97. The van der Waals surface area contributed by atoms with Gasteiger partial charge in [-0.1, -0.05) is 12.1 Å². The van der Waals surface area contributed by atoms with Gasteiger partial charge in [0.05, 0.1) is 22.5 Å². The number of fused-ring (bicyclic) bond motifs is 1. The zero-order valence-corrected chi connectivity index (χ0v) is 21.1. The molecule has 1 aliphatic heterocycles. The molecule has 0 unspecified atom stereocenters. The Morgan fingerprint density at radius 2 is 2.00 bits per heavy atom. The highest BCUT2D eigenvalue weighted by Gasteiger charge is 2.31. The number of aromatic nitrogens is 3. The first-order valence-corrected chi connectivity index (χ1v) is 13.7. The van der Waals surface area contributed by atoms with Crippen LogP contribution in [0.1, 0.15) is 32.1 Å². The Balaban J connectivity index is 1.31. The number of hydrogen-bond acceptors (Lipinski definition) is 7. The first-order chi connectivity index (χ1) is 18.0. The fourth-order valence-corrected chi connectivity index (χ4v) is 6.32. The third-order valence-electron chi connectivity index (χ3n) is 6.00. The van der Waals surface area contributed by atoms with Crippen molar-refractivity contribution in [2.75, 3.05) is 11.9 Å². The molecule has 0 saturated heterocycles. The van der Waals surface area contributed by atoms with E-state index >= 15 is 0 Å². The minimum atomic E-state index is -4.65. The minimum absolute atomic E-state index is 0.0440. The van der Waals surface area contributed by atoms with Gasteiger partial charge in [0.1, 0.15) is 11.5 Å². The van der Waals surface area contributed by atoms with Gasteiger partial charge < -0.3 is 15.2 Å². The van der Waals surface area contributed by atoms with Crippen LogP contribution in [0.25, 0.3) is 0 Å². The van der Waals surface area contributed by atoms with Crippen LogP contribution >= 0.6 is 11.3 Å². The lowest BCUT2D eigenvalue weighted by molar-refractivity contribution is -0.137. The van der Waals surface area contributed by atoms with E-state index in [4.69, 9.17) is 0 Å². The molecule has 198 valence electrons. The fraction of sp³-hybridized carbons (Fsp3) is 0.208. The van der Waals surface area contributed by atoms with Crippen molar-refractivity contribution in [2.24, 2.45) is 0 Å².